The second-order valence-corrected chi connectivity index (χ2v) is 7.21. The van der Waals surface area contributed by atoms with E-state index >= 15 is 0 Å². The van der Waals surface area contributed by atoms with Crippen molar-refractivity contribution in [3.63, 3.8) is 0 Å². The average molecular weight is 412 g/mol. The highest BCUT2D eigenvalue weighted by atomic mass is 19.1. The van der Waals surface area contributed by atoms with Crippen LogP contribution in [0.3, 0.4) is 0 Å². The zero-order chi connectivity index (χ0) is 20.8. The van der Waals surface area contributed by atoms with Gasteiger partial charge in [0.2, 0.25) is 5.95 Å². The van der Waals surface area contributed by atoms with Crippen molar-refractivity contribution in [2.75, 3.05) is 13.1 Å². The van der Waals surface area contributed by atoms with Crippen LogP contribution in [0.1, 0.15) is 23.6 Å². The molecular weight excluding hydrogens is 397 g/mol. The standard InChI is InChI=1S/C20H15F3N6O/c21-14-5-13(6-15(22)7-14)17-1-2-25-29(17)20(30)28-9-12(10-28)3-11-4-16-18(24-8-11)19(23)27-26-16/h2-8,17H,1,9-10H2,(H,26,27). The van der Waals surface area contributed by atoms with Crippen LogP contribution in [0.2, 0.25) is 0 Å². The summed E-state index contributed by atoms with van der Waals surface area (Å²) < 4.78 is 40.5. The minimum Gasteiger partial charge on any atom is -0.315 e. The summed E-state index contributed by atoms with van der Waals surface area (Å²) in [5.74, 6) is -1.97. The molecule has 0 radical (unpaired) electrons. The number of fused-ring (bicyclic) bond motifs is 1. The fourth-order valence-corrected chi connectivity index (χ4v) is 3.66. The normalized spacial score (nSPS) is 18.2. The molecule has 10 heteroatoms. The number of H-pyrrole nitrogens is 1. The zero-order valence-corrected chi connectivity index (χ0v) is 15.5. The van der Waals surface area contributed by atoms with Gasteiger partial charge in [-0.3, -0.25) is 5.10 Å². The van der Waals surface area contributed by atoms with Gasteiger partial charge in [-0.1, -0.05) is 6.08 Å². The molecule has 1 unspecified atom stereocenters. The lowest BCUT2D eigenvalue weighted by Gasteiger charge is -2.37. The van der Waals surface area contributed by atoms with Gasteiger partial charge in [0.05, 0.1) is 6.04 Å². The molecule has 0 bridgehead atoms. The third kappa shape index (κ3) is 3.19. The van der Waals surface area contributed by atoms with Crippen LogP contribution in [0.5, 0.6) is 0 Å². The fraction of sp³-hybridized carbons (Fsp3) is 0.200. The van der Waals surface area contributed by atoms with Gasteiger partial charge in [-0.15, -0.1) is 0 Å². The van der Waals surface area contributed by atoms with Crippen LogP contribution in [-0.2, 0) is 0 Å². The molecule has 1 atom stereocenters. The van der Waals surface area contributed by atoms with E-state index in [9.17, 15) is 18.0 Å². The minimum absolute atomic E-state index is 0.175. The maximum absolute atomic E-state index is 13.6. The molecule has 2 aromatic heterocycles. The number of halogens is 3. The molecule has 30 heavy (non-hydrogen) atoms. The zero-order valence-electron chi connectivity index (χ0n) is 15.5. The molecule has 1 N–H and O–H groups in total. The van der Waals surface area contributed by atoms with Crippen LogP contribution in [0.25, 0.3) is 17.1 Å². The van der Waals surface area contributed by atoms with E-state index in [1.807, 2.05) is 6.08 Å². The number of nitrogens with zero attached hydrogens (tertiary/aromatic N) is 5. The first kappa shape index (κ1) is 18.3. The Labute approximate surface area is 168 Å². The number of hydrogen-bond acceptors (Lipinski definition) is 4. The Hall–Kier alpha value is -3.69. The first-order chi connectivity index (χ1) is 14.5. The second kappa shape index (κ2) is 6.97. The third-order valence-electron chi connectivity index (χ3n) is 5.10. The van der Waals surface area contributed by atoms with Crippen LogP contribution < -0.4 is 0 Å². The highest BCUT2D eigenvalue weighted by Gasteiger charge is 2.35. The van der Waals surface area contributed by atoms with Gasteiger partial charge < -0.3 is 4.90 Å². The number of carbonyl (C=O) groups is 1. The predicted octanol–water partition coefficient (Wildman–Crippen LogP) is 3.63. The summed E-state index contributed by atoms with van der Waals surface area (Å²) in [4.78, 5) is 18.4. The number of pyridine rings is 1. The summed E-state index contributed by atoms with van der Waals surface area (Å²) in [6.07, 6.45) is 5.36. The van der Waals surface area contributed by atoms with Crippen molar-refractivity contribution in [1.82, 2.24) is 25.1 Å². The number of likely N-dealkylation sites (tertiary alicyclic amines) is 1. The lowest BCUT2D eigenvalue weighted by molar-refractivity contribution is 0.136. The number of amides is 2. The summed E-state index contributed by atoms with van der Waals surface area (Å²) in [6.45, 7) is 0.782. The molecule has 2 aliphatic heterocycles. The van der Waals surface area contributed by atoms with Crippen molar-refractivity contribution in [2.24, 2.45) is 5.10 Å². The van der Waals surface area contributed by atoms with E-state index in [2.05, 4.69) is 20.3 Å². The summed E-state index contributed by atoms with van der Waals surface area (Å²) in [5, 5.41) is 11.4. The van der Waals surface area contributed by atoms with Gasteiger partial charge in [-0.2, -0.15) is 14.6 Å². The molecule has 1 fully saturated rings. The highest BCUT2D eigenvalue weighted by molar-refractivity contribution is 5.81. The minimum atomic E-state index is -0.694. The molecule has 1 aromatic carbocycles. The first-order valence-corrected chi connectivity index (χ1v) is 9.23. The van der Waals surface area contributed by atoms with Crippen molar-refractivity contribution in [1.29, 1.82) is 0 Å². The maximum atomic E-state index is 13.6. The largest absolute Gasteiger partial charge is 0.341 e. The number of hydrogen-bond donors (Lipinski definition) is 1. The monoisotopic (exact) mass is 412 g/mol. The Balaban J connectivity index is 1.28. The van der Waals surface area contributed by atoms with E-state index in [1.54, 1.807) is 17.2 Å². The smallest absolute Gasteiger partial charge is 0.315 e. The Morgan fingerprint density at radius 2 is 1.90 bits per heavy atom. The number of nitrogens with one attached hydrogen (secondary N) is 1. The van der Waals surface area contributed by atoms with Gasteiger partial charge in [0.1, 0.15) is 22.7 Å². The second-order valence-electron chi connectivity index (χ2n) is 7.21. The van der Waals surface area contributed by atoms with Gasteiger partial charge in [0.15, 0.2) is 0 Å². The summed E-state index contributed by atoms with van der Waals surface area (Å²) >= 11 is 0. The summed E-state index contributed by atoms with van der Waals surface area (Å²) in [7, 11) is 0. The number of rotatable bonds is 2. The number of benzene rings is 1. The van der Waals surface area contributed by atoms with Crippen molar-refractivity contribution >= 4 is 29.4 Å². The first-order valence-electron chi connectivity index (χ1n) is 9.23. The van der Waals surface area contributed by atoms with Crippen LogP contribution in [0.4, 0.5) is 18.0 Å². The van der Waals surface area contributed by atoms with E-state index in [0.29, 0.717) is 30.6 Å². The van der Waals surface area contributed by atoms with Crippen LogP contribution >= 0.6 is 0 Å². The fourth-order valence-electron chi connectivity index (χ4n) is 3.66. The average Bonchev–Trinajstić information content (AvgIpc) is 3.30. The van der Waals surface area contributed by atoms with Crippen molar-refractivity contribution in [3.05, 3.63) is 64.7 Å². The molecule has 2 amide bonds. The van der Waals surface area contributed by atoms with Crippen molar-refractivity contribution in [2.45, 2.75) is 12.5 Å². The van der Waals surface area contributed by atoms with Gasteiger partial charge in [0.25, 0.3) is 0 Å². The molecule has 0 saturated carbocycles. The van der Waals surface area contributed by atoms with E-state index < -0.39 is 23.6 Å². The van der Waals surface area contributed by atoms with E-state index in [-0.39, 0.29) is 11.5 Å². The van der Waals surface area contributed by atoms with Gasteiger partial charge in [-0.25, -0.2) is 23.6 Å². The van der Waals surface area contributed by atoms with Gasteiger partial charge in [0, 0.05) is 38.0 Å². The lowest BCUT2D eigenvalue weighted by atomic mass is 10.0. The molecule has 3 aromatic rings. The molecule has 152 valence electrons. The quantitative estimate of drug-likeness (QED) is 0.698. The summed E-state index contributed by atoms with van der Waals surface area (Å²) in [5.41, 5.74) is 2.70. The van der Waals surface area contributed by atoms with Gasteiger partial charge in [-0.05, 0) is 34.9 Å². The number of urea groups is 1. The van der Waals surface area contributed by atoms with Crippen LogP contribution in [0.15, 0.2) is 41.1 Å². The van der Waals surface area contributed by atoms with E-state index in [0.717, 1.165) is 17.2 Å². The topological polar surface area (TPSA) is 77.5 Å². The Morgan fingerprint density at radius 1 is 1.13 bits per heavy atom. The van der Waals surface area contributed by atoms with E-state index in [1.165, 1.54) is 23.3 Å². The SMILES string of the molecule is O=C(N1CC(=Cc2cnc3c(F)[nH]nc3c2)C1)N1N=CCC1c1cc(F)cc(F)c1. The highest BCUT2D eigenvalue weighted by Crippen LogP contribution is 2.32. The molecule has 0 spiro atoms. The Kier molecular flexibility index (Phi) is 4.27. The van der Waals surface area contributed by atoms with Crippen LogP contribution in [0, 0.1) is 17.6 Å². The molecule has 2 aliphatic rings. The third-order valence-corrected chi connectivity index (χ3v) is 5.10. The number of hydrazone groups is 1. The summed E-state index contributed by atoms with van der Waals surface area (Å²) in [6, 6.07) is 4.05. The Bertz CT molecular complexity index is 1190. The maximum Gasteiger partial charge on any atom is 0.341 e. The predicted molar refractivity (Wildman–Crippen MR) is 103 cm³/mol. The number of aromatic amines is 1. The van der Waals surface area contributed by atoms with Gasteiger partial charge >= 0.3 is 6.03 Å². The molecule has 1 saturated heterocycles. The number of carbonyl (C=O) groups excluding carboxylic acids is 1. The van der Waals surface area contributed by atoms with Crippen molar-refractivity contribution < 1.29 is 18.0 Å². The van der Waals surface area contributed by atoms with Crippen LogP contribution in [-0.4, -0.2) is 50.4 Å². The van der Waals surface area contributed by atoms with E-state index in [4.69, 9.17) is 0 Å². The number of aromatic nitrogens is 3. The Morgan fingerprint density at radius 3 is 2.67 bits per heavy atom. The lowest BCUT2D eigenvalue weighted by Crippen LogP contribution is -2.49. The molecule has 4 heterocycles. The molecule has 0 aliphatic carbocycles. The molecule has 7 nitrogen and oxygen atoms in total. The molecular formula is C20H15F3N6O. The van der Waals surface area contributed by atoms with Crippen molar-refractivity contribution in [3.8, 4) is 0 Å². The molecule has 5 rings (SSSR count).